The second kappa shape index (κ2) is 6.84. The zero-order chi connectivity index (χ0) is 13.8. The summed E-state index contributed by atoms with van der Waals surface area (Å²) in [6.07, 6.45) is 2.16. The van der Waals surface area contributed by atoms with Crippen LogP contribution in [0.3, 0.4) is 0 Å². The lowest BCUT2D eigenvalue weighted by Gasteiger charge is -2.32. The van der Waals surface area contributed by atoms with Crippen molar-refractivity contribution < 1.29 is 0 Å². The second-order valence-electron chi connectivity index (χ2n) is 5.66. The summed E-state index contributed by atoms with van der Waals surface area (Å²) in [6.45, 7) is 3.37. The van der Waals surface area contributed by atoms with E-state index in [0.717, 1.165) is 24.0 Å². The largest absolute Gasteiger partial charge is 0.326 e. The van der Waals surface area contributed by atoms with E-state index in [4.69, 9.17) is 5.73 Å². The zero-order valence-corrected chi connectivity index (χ0v) is 13.4. The molecule has 0 radical (unpaired) electrons. The molecule has 0 aromatic heterocycles. The van der Waals surface area contributed by atoms with Crippen LogP contribution in [0.5, 0.6) is 0 Å². The molecule has 2 unspecified atom stereocenters. The van der Waals surface area contributed by atoms with Crippen molar-refractivity contribution >= 4 is 15.9 Å². The van der Waals surface area contributed by atoms with E-state index in [9.17, 15) is 0 Å². The van der Waals surface area contributed by atoms with Gasteiger partial charge in [0, 0.05) is 23.1 Å². The van der Waals surface area contributed by atoms with Crippen molar-refractivity contribution in [1.82, 2.24) is 9.80 Å². The van der Waals surface area contributed by atoms with E-state index < -0.39 is 0 Å². The number of nitrogens with two attached hydrogens (primary N) is 1. The molecule has 1 aliphatic rings. The lowest BCUT2D eigenvalue weighted by Crippen LogP contribution is -2.51. The van der Waals surface area contributed by atoms with E-state index in [1.165, 1.54) is 18.5 Å². The summed E-state index contributed by atoms with van der Waals surface area (Å²) in [5.41, 5.74) is 7.78. The van der Waals surface area contributed by atoms with Crippen LogP contribution in [0.25, 0.3) is 0 Å². The molecule has 2 rings (SSSR count). The highest BCUT2D eigenvalue weighted by atomic mass is 79.9. The maximum absolute atomic E-state index is 6.47. The van der Waals surface area contributed by atoms with Crippen molar-refractivity contribution in [1.29, 1.82) is 0 Å². The van der Waals surface area contributed by atoms with E-state index in [0.29, 0.717) is 6.04 Å². The van der Waals surface area contributed by atoms with Crippen LogP contribution in [-0.2, 0) is 6.42 Å². The average molecular weight is 326 g/mol. The lowest BCUT2D eigenvalue weighted by molar-refractivity contribution is 0.195. The molecule has 0 saturated carbocycles. The van der Waals surface area contributed by atoms with Crippen molar-refractivity contribution in [2.75, 3.05) is 33.7 Å². The van der Waals surface area contributed by atoms with Crippen molar-refractivity contribution in [3.05, 3.63) is 34.3 Å². The minimum absolute atomic E-state index is 0.180. The van der Waals surface area contributed by atoms with Gasteiger partial charge in [-0.15, -0.1) is 0 Å². The molecule has 1 saturated heterocycles. The van der Waals surface area contributed by atoms with E-state index in [1.807, 2.05) is 0 Å². The minimum atomic E-state index is 0.180. The molecular weight excluding hydrogens is 302 g/mol. The Morgan fingerprint density at radius 1 is 1.37 bits per heavy atom. The van der Waals surface area contributed by atoms with E-state index >= 15 is 0 Å². The fraction of sp³-hybridized carbons (Fsp3) is 0.600. The Morgan fingerprint density at radius 3 is 2.89 bits per heavy atom. The highest BCUT2D eigenvalue weighted by molar-refractivity contribution is 9.10. The Hall–Kier alpha value is -0.420. The summed E-state index contributed by atoms with van der Waals surface area (Å²) in [4.78, 5) is 4.82. The first-order chi connectivity index (χ1) is 9.06. The average Bonchev–Trinajstić information content (AvgIpc) is 2.51. The third kappa shape index (κ3) is 4.28. The van der Waals surface area contributed by atoms with Crippen LogP contribution in [0.1, 0.15) is 12.0 Å². The molecule has 19 heavy (non-hydrogen) atoms. The third-order valence-corrected chi connectivity index (χ3v) is 4.46. The van der Waals surface area contributed by atoms with Crippen LogP contribution in [0.4, 0.5) is 0 Å². The summed E-state index contributed by atoms with van der Waals surface area (Å²) < 4.78 is 1.13. The Kier molecular flexibility index (Phi) is 5.39. The fourth-order valence-electron chi connectivity index (χ4n) is 2.84. The molecule has 1 aliphatic heterocycles. The molecule has 2 atom stereocenters. The van der Waals surface area contributed by atoms with Crippen LogP contribution >= 0.6 is 15.9 Å². The van der Waals surface area contributed by atoms with Crippen molar-refractivity contribution in [2.45, 2.75) is 24.9 Å². The molecule has 0 spiro atoms. The number of nitrogens with zero attached hydrogens (tertiary/aromatic N) is 2. The van der Waals surface area contributed by atoms with Gasteiger partial charge in [0.05, 0.1) is 0 Å². The zero-order valence-electron chi connectivity index (χ0n) is 11.8. The standard InChI is InChI=1S/C15H24BrN3/c1-18-7-4-8-19(2)15(11-18)14(17)10-12-5-3-6-13(16)9-12/h3,5-6,9,14-15H,4,7-8,10-11,17H2,1-2H3. The molecule has 1 aromatic carbocycles. The van der Waals surface area contributed by atoms with Crippen LogP contribution in [0.15, 0.2) is 28.7 Å². The van der Waals surface area contributed by atoms with Gasteiger partial charge in [0.2, 0.25) is 0 Å². The number of hydrogen-bond acceptors (Lipinski definition) is 3. The predicted octanol–water partition coefficient (Wildman–Crippen LogP) is 1.95. The number of halogens is 1. The van der Waals surface area contributed by atoms with Crippen LogP contribution < -0.4 is 5.73 Å². The van der Waals surface area contributed by atoms with Gasteiger partial charge >= 0.3 is 0 Å². The molecule has 3 nitrogen and oxygen atoms in total. The van der Waals surface area contributed by atoms with Crippen LogP contribution in [0, 0.1) is 0 Å². The molecular formula is C15H24BrN3. The van der Waals surface area contributed by atoms with Gasteiger partial charge in [-0.25, -0.2) is 0 Å². The van der Waals surface area contributed by atoms with Gasteiger partial charge < -0.3 is 15.5 Å². The smallest absolute Gasteiger partial charge is 0.0374 e. The summed E-state index contributed by atoms with van der Waals surface area (Å²) in [6, 6.07) is 9.08. The van der Waals surface area contributed by atoms with Gasteiger partial charge in [-0.3, -0.25) is 0 Å². The van der Waals surface area contributed by atoms with Gasteiger partial charge in [0.15, 0.2) is 0 Å². The summed E-state index contributed by atoms with van der Waals surface area (Å²) in [5.74, 6) is 0. The molecule has 1 aromatic rings. The summed E-state index contributed by atoms with van der Waals surface area (Å²) in [7, 11) is 4.39. The Balaban J connectivity index is 2.03. The monoisotopic (exact) mass is 325 g/mol. The van der Waals surface area contributed by atoms with Crippen LogP contribution in [-0.4, -0.2) is 55.6 Å². The fourth-order valence-corrected chi connectivity index (χ4v) is 3.29. The van der Waals surface area contributed by atoms with Crippen molar-refractivity contribution in [3.8, 4) is 0 Å². The molecule has 0 amide bonds. The quantitative estimate of drug-likeness (QED) is 0.922. The van der Waals surface area contributed by atoms with Gasteiger partial charge in [0.25, 0.3) is 0 Å². The maximum atomic E-state index is 6.47. The Morgan fingerprint density at radius 2 is 2.16 bits per heavy atom. The van der Waals surface area contributed by atoms with Gasteiger partial charge in [0.1, 0.15) is 0 Å². The Bertz CT molecular complexity index is 410. The van der Waals surface area contributed by atoms with Crippen molar-refractivity contribution in [3.63, 3.8) is 0 Å². The number of benzene rings is 1. The third-order valence-electron chi connectivity index (χ3n) is 3.97. The Labute approximate surface area is 124 Å². The molecule has 106 valence electrons. The second-order valence-corrected chi connectivity index (χ2v) is 6.58. The topological polar surface area (TPSA) is 32.5 Å². The highest BCUT2D eigenvalue weighted by Gasteiger charge is 2.26. The molecule has 1 heterocycles. The molecule has 0 aliphatic carbocycles. The number of likely N-dealkylation sites (N-methyl/N-ethyl adjacent to an activating group) is 2. The predicted molar refractivity (Wildman–Crippen MR) is 84.4 cm³/mol. The maximum Gasteiger partial charge on any atom is 0.0374 e. The minimum Gasteiger partial charge on any atom is -0.326 e. The van der Waals surface area contributed by atoms with Gasteiger partial charge in [-0.05, 0) is 57.7 Å². The van der Waals surface area contributed by atoms with Gasteiger partial charge in [-0.1, -0.05) is 28.1 Å². The molecule has 0 bridgehead atoms. The molecule has 4 heteroatoms. The molecule has 2 N–H and O–H groups in total. The SMILES string of the molecule is CN1CCCN(C)C(C(N)Cc2cccc(Br)c2)C1. The first-order valence-corrected chi connectivity index (χ1v) is 7.74. The number of hydrogen-bond donors (Lipinski definition) is 1. The van der Waals surface area contributed by atoms with E-state index in [-0.39, 0.29) is 6.04 Å². The van der Waals surface area contributed by atoms with Gasteiger partial charge in [-0.2, -0.15) is 0 Å². The highest BCUT2D eigenvalue weighted by Crippen LogP contribution is 2.16. The summed E-state index contributed by atoms with van der Waals surface area (Å²) >= 11 is 3.52. The first-order valence-electron chi connectivity index (χ1n) is 6.95. The van der Waals surface area contributed by atoms with Crippen LogP contribution in [0.2, 0.25) is 0 Å². The van der Waals surface area contributed by atoms with E-state index in [1.54, 1.807) is 0 Å². The normalized spacial score (nSPS) is 24.1. The van der Waals surface area contributed by atoms with E-state index in [2.05, 4.69) is 64.1 Å². The molecule has 1 fully saturated rings. The number of rotatable bonds is 3. The first kappa shape index (κ1) is 15.0. The van der Waals surface area contributed by atoms with Crippen molar-refractivity contribution in [2.24, 2.45) is 5.73 Å². The lowest BCUT2D eigenvalue weighted by atomic mass is 9.99. The summed E-state index contributed by atoms with van der Waals surface area (Å²) in [5, 5.41) is 0.